The highest BCUT2D eigenvalue weighted by molar-refractivity contribution is 5.95. The topological polar surface area (TPSA) is 94.3 Å². The molecule has 1 atom stereocenters. The monoisotopic (exact) mass is 313 g/mol. The number of amides is 1. The molecular weight excluding hydrogens is 294 g/mol. The van der Waals surface area contributed by atoms with Gasteiger partial charge in [0.2, 0.25) is 5.91 Å². The highest BCUT2D eigenvalue weighted by Gasteiger charge is 2.14. The Morgan fingerprint density at radius 3 is 2.43 bits per heavy atom. The van der Waals surface area contributed by atoms with E-state index in [0.29, 0.717) is 24.3 Å². The van der Waals surface area contributed by atoms with Crippen molar-refractivity contribution in [2.45, 2.75) is 19.4 Å². The Kier molecular flexibility index (Phi) is 5.82. The van der Waals surface area contributed by atoms with Crippen molar-refractivity contribution in [3.63, 3.8) is 0 Å². The molecule has 2 aromatic rings. The summed E-state index contributed by atoms with van der Waals surface area (Å²) in [5, 5.41) is 2.73. The number of pyridine rings is 1. The van der Waals surface area contributed by atoms with Crippen molar-refractivity contribution >= 4 is 17.6 Å². The molecular formula is C17H19N3O3. The summed E-state index contributed by atoms with van der Waals surface area (Å²) in [7, 11) is 0. The maximum atomic E-state index is 12.1. The van der Waals surface area contributed by atoms with Gasteiger partial charge in [-0.25, -0.2) is 4.79 Å². The van der Waals surface area contributed by atoms with E-state index in [-0.39, 0.29) is 11.9 Å². The molecule has 6 heteroatoms. The lowest BCUT2D eigenvalue weighted by molar-refractivity contribution is -0.117. The fourth-order valence-corrected chi connectivity index (χ4v) is 2.00. The molecule has 0 spiro atoms. The van der Waals surface area contributed by atoms with Crippen LogP contribution in [0.5, 0.6) is 0 Å². The van der Waals surface area contributed by atoms with E-state index in [9.17, 15) is 9.59 Å². The van der Waals surface area contributed by atoms with Gasteiger partial charge >= 0.3 is 5.97 Å². The Morgan fingerprint density at radius 2 is 1.83 bits per heavy atom. The maximum Gasteiger partial charge on any atom is 0.338 e. The van der Waals surface area contributed by atoms with E-state index < -0.39 is 6.04 Å². The third-order valence-electron chi connectivity index (χ3n) is 3.21. The van der Waals surface area contributed by atoms with Gasteiger partial charge in [0.25, 0.3) is 0 Å². The second kappa shape index (κ2) is 8.05. The van der Waals surface area contributed by atoms with Gasteiger partial charge in [-0.3, -0.25) is 9.78 Å². The molecule has 1 aromatic heterocycles. The molecule has 1 unspecified atom stereocenters. The molecule has 3 N–H and O–H groups in total. The van der Waals surface area contributed by atoms with Crippen molar-refractivity contribution in [2.75, 3.05) is 11.9 Å². The van der Waals surface area contributed by atoms with Gasteiger partial charge in [-0.1, -0.05) is 0 Å². The number of ether oxygens (including phenoxy) is 1. The van der Waals surface area contributed by atoms with Crippen LogP contribution in [0, 0.1) is 0 Å². The van der Waals surface area contributed by atoms with Gasteiger partial charge in [-0.05, 0) is 55.3 Å². The van der Waals surface area contributed by atoms with E-state index in [1.165, 1.54) is 0 Å². The number of nitrogens with one attached hydrogen (secondary N) is 1. The zero-order valence-electron chi connectivity index (χ0n) is 12.9. The molecule has 6 nitrogen and oxygen atoms in total. The van der Waals surface area contributed by atoms with Gasteiger partial charge in [0, 0.05) is 18.1 Å². The van der Waals surface area contributed by atoms with Crippen LogP contribution >= 0.6 is 0 Å². The van der Waals surface area contributed by atoms with Crippen LogP contribution in [-0.2, 0) is 16.0 Å². The van der Waals surface area contributed by atoms with E-state index in [2.05, 4.69) is 10.3 Å². The van der Waals surface area contributed by atoms with Gasteiger partial charge < -0.3 is 15.8 Å². The Morgan fingerprint density at radius 1 is 1.17 bits per heavy atom. The lowest BCUT2D eigenvalue weighted by Gasteiger charge is -2.12. The molecule has 1 aromatic carbocycles. The predicted molar refractivity (Wildman–Crippen MR) is 86.9 cm³/mol. The summed E-state index contributed by atoms with van der Waals surface area (Å²) in [6.07, 6.45) is 3.75. The van der Waals surface area contributed by atoms with Crippen LogP contribution in [-0.4, -0.2) is 29.5 Å². The molecule has 0 bridgehead atoms. The summed E-state index contributed by atoms with van der Waals surface area (Å²) in [5.74, 6) is -0.675. The number of carbonyl (C=O) groups excluding carboxylic acids is 2. The average Bonchev–Trinajstić information content (AvgIpc) is 2.56. The summed E-state index contributed by atoms with van der Waals surface area (Å²) < 4.78 is 4.90. The largest absolute Gasteiger partial charge is 0.462 e. The first-order chi connectivity index (χ1) is 11.1. The van der Waals surface area contributed by atoms with E-state index in [4.69, 9.17) is 10.5 Å². The number of hydrogen-bond acceptors (Lipinski definition) is 5. The molecule has 0 fully saturated rings. The van der Waals surface area contributed by atoms with Crippen LogP contribution in [0.4, 0.5) is 5.69 Å². The van der Waals surface area contributed by atoms with E-state index >= 15 is 0 Å². The van der Waals surface area contributed by atoms with Gasteiger partial charge in [-0.15, -0.1) is 0 Å². The molecule has 23 heavy (non-hydrogen) atoms. The third kappa shape index (κ3) is 4.89. The van der Waals surface area contributed by atoms with Crippen molar-refractivity contribution in [1.29, 1.82) is 0 Å². The van der Waals surface area contributed by atoms with Crippen molar-refractivity contribution in [2.24, 2.45) is 5.73 Å². The smallest absolute Gasteiger partial charge is 0.338 e. The van der Waals surface area contributed by atoms with Crippen LogP contribution in [0.15, 0.2) is 48.8 Å². The van der Waals surface area contributed by atoms with Crippen molar-refractivity contribution in [1.82, 2.24) is 4.98 Å². The van der Waals surface area contributed by atoms with Crippen molar-refractivity contribution in [3.05, 3.63) is 59.9 Å². The van der Waals surface area contributed by atoms with Gasteiger partial charge in [-0.2, -0.15) is 0 Å². The quantitative estimate of drug-likeness (QED) is 0.793. The lowest BCUT2D eigenvalue weighted by atomic mass is 10.1. The first kappa shape index (κ1) is 16.6. The van der Waals surface area contributed by atoms with Crippen molar-refractivity contribution < 1.29 is 14.3 Å². The number of aromatic nitrogens is 1. The Hall–Kier alpha value is -2.73. The summed E-state index contributed by atoms with van der Waals surface area (Å²) in [6.45, 7) is 2.07. The fourth-order valence-electron chi connectivity index (χ4n) is 2.00. The van der Waals surface area contributed by atoms with Crippen LogP contribution in [0.1, 0.15) is 22.8 Å². The number of nitrogens with two attached hydrogens (primary N) is 1. The predicted octanol–water partition coefficient (Wildman–Crippen LogP) is 1.77. The number of esters is 1. The number of rotatable bonds is 6. The molecule has 0 aliphatic rings. The van der Waals surface area contributed by atoms with Crippen LogP contribution < -0.4 is 11.1 Å². The zero-order chi connectivity index (χ0) is 16.7. The normalized spacial score (nSPS) is 11.6. The third-order valence-corrected chi connectivity index (χ3v) is 3.21. The Bertz CT molecular complexity index is 657. The molecule has 0 aliphatic heterocycles. The number of carbonyl (C=O) groups is 2. The highest BCUT2D eigenvalue weighted by atomic mass is 16.5. The summed E-state index contributed by atoms with van der Waals surface area (Å²) >= 11 is 0. The molecule has 1 heterocycles. The second-order valence-electron chi connectivity index (χ2n) is 4.95. The molecule has 0 saturated carbocycles. The minimum Gasteiger partial charge on any atom is -0.462 e. The molecule has 1 amide bonds. The maximum absolute atomic E-state index is 12.1. The lowest BCUT2D eigenvalue weighted by Crippen LogP contribution is -2.37. The first-order valence-corrected chi connectivity index (χ1v) is 7.32. The summed E-state index contributed by atoms with van der Waals surface area (Å²) in [4.78, 5) is 27.6. The van der Waals surface area contributed by atoms with Crippen LogP contribution in [0.3, 0.4) is 0 Å². The number of benzene rings is 1. The number of anilines is 1. The molecule has 0 radical (unpaired) electrons. The minimum atomic E-state index is -0.665. The van der Waals surface area contributed by atoms with Gasteiger partial charge in [0.1, 0.15) is 0 Å². The van der Waals surface area contributed by atoms with Crippen molar-refractivity contribution in [3.8, 4) is 0 Å². The Labute approximate surface area is 134 Å². The molecule has 120 valence electrons. The number of hydrogen-bond donors (Lipinski definition) is 2. The van der Waals surface area contributed by atoms with E-state index in [1.807, 2.05) is 12.1 Å². The second-order valence-corrected chi connectivity index (χ2v) is 4.95. The molecule has 2 rings (SSSR count). The number of nitrogens with zero attached hydrogens (tertiary/aromatic N) is 1. The fraction of sp³-hybridized carbons (Fsp3) is 0.235. The summed E-state index contributed by atoms with van der Waals surface area (Å²) in [6, 6.07) is 9.46. The average molecular weight is 313 g/mol. The minimum absolute atomic E-state index is 0.286. The van der Waals surface area contributed by atoms with E-state index in [0.717, 1.165) is 5.56 Å². The highest BCUT2D eigenvalue weighted by Crippen LogP contribution is 2.11. The van der Waals surface area contributed by atoms with Crippen LogP contribution in [0.2, 0.25) is 0 Å². The first-order valence-electron chi connectivity index (χ1n) is 7.32. The van der Waals surface area contributed by atoms with Crippen LogP contribution in [0.25, 0.3) is 0 Å². The SMILES string of the molecule is CCOC(=O)c1ccc(NC(=O)C(N)Cc2ccncc2)cc1. The zero-order valence-corrected chi connectivity index (χ0v) is 12.9. The Balaban J connectivity index is 1.93. The van der Waals surface area contributed by atoms with E-state index in [1.54, 1.807) is 43.6 Å². The molecule has 0 aliphatic carbocycles. The van der Waals surface area contributed by atoms with Gasteiger partial charge in [0.15, 0.2) is 0 Å². The van der Waals surface area contributed by atoms with Gasteiger partial charge in [0.05, 0.1) is 18.2 Å². The summed E-state index contributed by atoms with van der Waals surface area (Å²) in [5.41, 5.74) is 7.87. The standard InChI is InChI=1S/C17H19N3O3/c1-2-23-17(22)13-3-5-14(6-4-13)20-16(21)15(18)11-12-7-9-19-10-8-12/h3-10,15H,2,11,18H2,1H3,(H,20,21). The molecule has 0 saturated heterocycles.